The Labute approximate surface area is 164 Å². The van der Waals surface area contributed by atoms with Crippen molar-refractivity contribution in [3.63, 3.8) is 0 Å². The van der Waals surface area contributed by atoms with Crippen molar-refractivity contribution >= 4 is 23.5 Å². The number of urea groups is 1. The van der Waals surface area contributed by atoms with Crippen molar-refractivity contribution in [2.75, 3.05) is 25.0 Å². The van der Waals surface area contributed by atoms with Gasteiger partial charge in [0.1, 0.15) is 17.2 Å². The molecule has 0 unspecified atom stereocenters. The van der Waals surface area contributed by atoms with E-state index < -0.39 is 5.54 Å². The fourth-order valence-electron chi connectivity index (χ4n) is 4.96. The highest BCUT2D eigenvalue weighted by Gasteiger charge is 2.61. The maximum atomic E-state index is 13.3. The predicted molar refractivity (Wildman–Crippen MR) is 106 cm³/mol. The summed E-state index contributed by atoms with van der Waals surface area (Å²) in [4.78, 5) is 34.4. The smallest absolute Gasteiger partial charge is 0.321 e. The number of benzene rings is 1. The quantitative estimate of drug-likeness (QED) is 0.866. The van der Waals surface area contributed by atoms with Crippen LogP contribution in [0.2, 0.25) is 0 Å². The Kier molecular flexibility index (Phi) is 4.63. The number of fused-ring (bicyclic) bond motifs is 2. The van der Waals surface area contributed by atoms with Crippen LogP contribution in [0.5, 0.6) is 0 Å². The van der Waals surface area contributed by atoms with Gasteiger partial charge < -0.3 is 10.2 Å². The minimum Gasteiger partial charge on any atom is -0.324 e. The zero-order chi connectivity index (χ0) is 20.1. The first-order chi connectivity index (χ1) is 13.3. The molecule has 1 aromatic rings. The number of amidine groups is 1. The molecule has 1 aromatic carbocycles. The second-order valence-electron chi connectivity index (χ2n) is 8.64. The lowest BCUT2D eigenvalue weighted by Gasteiger charge is -2.28. The monoisotopic (exact) mass is 386 g/mol. The molecule has 3 amide bonds. The van der Waals surface area contributed by atoms with E-state index >= 15 is 0 Å². The van der Waals surface area contributed by atoms with E-state index in [-0.39, 0.29) is 23.7 Å². The summed E-state index contributed by atoms with van der Waals surface area (Å²) in [5.74, 6) is 1.29. The molecule has 150 valence electrons. The number of halogens is 1. The molecule has 2 aliphatic heterocycles. The molecule has 1 saturated heterocycles. The molecule has 1 saturated carbocycles. The summed E-state index contributed by atoms with van der Waals surface area (Å²) in [7, 11) is 0. The molecule has 6 nitrogen and oxygen atoms in total. The van der Waals surface area contributed by atoms with E-state index in [0.717, 1.165) is 18.7 Å². The molecule has 0 aromatic heterocycles. The van der Waals surface area contributed by atoms with E-state index in [2.05, 4.69) is 19.2 Å². The van der Waals surface area contributed by atoms with Gasteiger partial charge in [0.2, 0.25) is 0 Å². The molecule has 0 radical (unpaired) electrons. The Morgan fingerprint density at radius 1 is 1.32 bits per heavy atom. The number of anilines is 1. The lowest BCUT2D eigenvalue weighted by molar-refractivity contribution is -0.132. The molecule has 1 aliphatic carbocycles. The molecule has 1 spiro atoms. The lowest BCUT2D eigenvalue weighted by atomic mass is 9.85. The summed E-state index contributed by atoms with van der Waals surface area (Å²) in [6.45, 7) is 7.94. The number of aliphatic imine (C=N–C) groups is 1. The summed E-state index contributed by atoms with van der Waals surface area (Å²) in [6.07, 6.45) is 1.67. The van der Waals surface area contributed by atoms with Gasteiger partial charge in [0.15, 0.2) is 0 Å². The molecular formula is C21H27FN4O2. The standard InChI is InChI=1S/C21H27FN4O2/c1-13(2)10-26-14(3)24-21(19(26)27)9-8-15-11-25(12-18(15)21)20(28)23-17-6-4-16(22)5-7-17/h4-7,13,15,18H,8-12H2,1-3H3,(H,23,28)/t15-,18+,21-/m1/s1. The number of carbonyl (C=O) groups excluding carboxylic acids is 2. The summed E-state index contributed by atoms with van der Waals surface area (Å²) in [5, 5.41) is 2.82. The number of nitrogens with one attached hydrogen (secondary N) is 1. The van der Waals surface area contributed by atoms with Crippen LogP contribution in [0.25, 0.3) is 0 Å². The molecular weight excluding hydrogens is 359 g/mol. The fourth-order valence-corrected chi connectivity index (χ4v) is 4.96. The van der Waals surface area contributed by atoms with Gasteiger partial charge in [0.05, 0.1) is 0 Å². The topological polar surface area (TPSA) is 65.0 Å². The average molecular weight is 386 g/mol. The third kappa shape index (κ3) is 3.06. The highest BCUT2D eigenvalue weighted by atomic mass is 19.1. The molecule has 1 N–H and O–H groups in total. The molecule has 4 rings (SSSR count). The Morgan fingerprint density at radius 2 is 2.04 bits per heavy atom. The van der Waals surface area contributed by atoms with E-state index in [1.807, 2.05) is 11.8 Å². The SMILES string of the molecule is CC1=N[C@@]2(CC[C@@H]3CN(C(=O)Nc4ccc(F)cc4)C[C@@H]32)C(=O)N1CC(C)C. The first kappa shape index (κ1) is 18.9. The van der Waals surface area contributed by atoms with Crippen LogP contribution >= 0.6 is 0 Å². The highest BCUT2D eigenvalue weighted by molar-refractivity contribution is 6.08. The maximum absolute atomic E-state index is 13.3. The number of likely N-dealkylation sites (tertiary alicyclic amines) is 1. The Bertz CT molecular complexity index is 822. The average Bonchev–Trinajstić information content (AvgIpc) is 3.27. The van der Waals surface area contributed by atoms with Crippen LogP contribution in [0.4, 0.5) is 14.9 Å². The summed E-state index contributed by atoms with van der Waals surface area (Å²) in [6, 6.07) is 5.52. The van der Waals surface area contributed by atoms with Crippen LogP contribution in [-0.2, 0) is 4.79 Å². The van der Waals surface area contributed by atoms with E-state index in [1.165, 1.54) is 12.1 Å². The predicted octanol–water partition coefficient (Wildman–Crippen LogP) is 3.35. The second-order valence-corrected chi connectivity index (χ2v) is 8.64. The van der Waals surface area contributed by atoms with Crippen LogP contribution in [-0.4, -0.2) is 52.7 Å². The van der Waals surface area contributed by atoms with Crippen LogP contribution in [0.15, 0.2) is 29.3 Å². The van der Waals surface area contributed by atoms with Crippen LogP contribution in [0.1, 0.15) is 33.6 Å². The Morgan fingerprint density at radius 3 is 2.71 bits per heavy atom. The van der Waals surface area contributed by atoms with Crippen molar-refractivity contribution < 1.29 is 14.0 Å². The zero-order valence-electron chi connectivity index (χ0n) is 16.6. The number of rotatable bonds is 3. The van der Waals surface area contributed by atoms with Gasteiger partial charge in [-0.1, -0.05) is 13.8 Å². The Hall–Kier alpha value is -2.44. The van der Waals surface area contributed by atoms with Crippen molar-refractivity contribution in [2.45, 2.75) is 39.2 Å². The first-order valence-electron chi connectivity index (χ1n) is 10.00. The molecule has 2 heterocycles. The largest absolute Gasteiger partial charge is 0.324 e. The van der Waals surface area contributed by atoms with Gasteiger partial charge in [-0.2, -0.15) is 0 Å². The van der Waals surface area contributed by atoms with Gasteiger partial charge in [0.25, 0.3) is 5.91 Å². The molecule has 0 bridgehead atoms. The number of hydrogen-bond donors (Lipinski definition) is 1. The van der Waals surface area contributed by atoms with Crippen molar-refractivity contribution in [1.29, 1.82) is 0 Å². The van der Waals surface area contributed by atoms with Gasteiger partial charge in [-0.25, -0.2) is 9.18 Å². The molecule has 2 fully saturated rings. The summed E-state index contributed by atoms with van der Waals surface area (Å²) >= 11 is 0. The molecule has 28 heavy (non-hydrogen) atoms. The Balaban J connectivity index is 1.48. The second kappa shape index (κ2) is 6.87. The van der Waals surface area contributed by atoms with E-state index in [1.54, 1.807) is 17.0 Å². The van der Waals surface area contributed by atoms with E-state index in [0.29, 0.717) is 37.2 Å². The van der Waals surface area contributed by atoms with Crippen LogP contribution < -0.4 is 5.32 Å². The minimum absolute atomic E-state index is 0.0612. The van der Waals surface area contributed by atoms with Crippen molar-refractivity contribution in [2.24, 2.45) is 22.7 Å². The molecule has 3 atom stereocenters. The van der Waals surface area contributed by atoms with Crippen LogP contribution in [0, 0.1) is 23.6 Å². The third-order valence-electron chi connectivity index (χ3n) is 6.25. The number of carbonyl (C=O) groups is 2. The number of hydrogen-bond acceptors (Lipinski definition) is 3. The van der Waals surface area contributed by atoms with Crippen molar-refractivity contribution in [1.82, 2.24) is 9.80 Å². The third-order valence-corrected chi connectivity index (χ3v) is 6.25. The van der Waals surface area contributed by atoms with Gasteiger partial charge in [-0.05, 0) is 55.9 Å². The van der Waals surface area contributed by atoms with E-state index in [9.17, 15) is 14.0 Å². The van der Waals surface area contributed by atoms with Crippen molar-refractivity contribution in [3.05, 3.63) is 30.1 Å². The highest BCUT2D eigenvalue weighted by Crippen LogP contribution is 2.50. The maximum Gasteiger partial charge on any atom is 0.321 e. The minimum atomic E-state index is -0.700. The summed E-state index contributed by atoms with van der Waals surface area (Å²) in [5.41, 5.74) is -0.138. The normalized spacial score (nSPS) is 29.0. The van der Waals surface area contributed by atoms with Gasteiger partial charge in [-0.15, -0.1) is 0 Å². The number of nitrogens with zero attached hydrogens (tertiary/aromatic N) is 3. The number of amides is 3. The fraction of sp³-hybridized carbons (Fsp3) is 0.571. The lowest BCUT2D eigenvalue weighted by Crippen LogP contribution is -2.47. The first-order valence-corrected chi connectivity index (χ1v) is 10.00. The van der Waals surface area contributed by atoms with Crippen molar-refractivity contribution in [3.8, 4) is 0 Å². The molecule has 7 heteroatoms. The van der Waals surface area contributed by atoms with Gasteiger partial charge in [-0.3, -0.25) is 14.7 Å². The summed E-state index contributed by atoms with van der Waals surface area (Å²) < 4.78 is 13.1. The van der Waals surface area contributed by atoms with E-state index in [4.69, 9.17) is 4.99 Å². The van der Waals surface area contributed by atoms with Gasteiger partial charge in [0, 0.05) is 31.2 Å². The molecule has 3 aliphatic rings. The van der Waals surface area contributed by atoms with Gasteiger partial charge >= 0.3 is 6.03 Å². The van der Waals surface area contributed by atoms with Crippen LogP contribution in [0.3, 0.4) is 0 Å². The zero-order valence-corrected chi connectivity index (χ0v) is 16.6.